The zero-order chi connectivity index (χ0) is 18.5. The Morgan fingerprint density at radius 1 is 1.00 bits per heavy atom. The lowest BCUT2D eigenvalue weighted by Gasteiger charge is -2.15. The van der Waals surface area contributed by atoms with Crippen molar-refractivity contribution in [3.63, 3.8) is 0 Å². The lowest BCUT2D eigenvalue weighted by molar-refractivity contribution is -0.121. The van der Waals surface area contributed by atoms with Gasteiger partial charge >= 0.3 is 0 Å². The van der Waals surface area contributed by atoms with Gasteiger partial charge in [-0.2, -0.15) is 0 Å². The highest BCUT2D eigenvalue weighted by Gasteiger charge is 2.15. The number of hydrazine groups is 1. The number of aromatic nitrogens is 2. The van der Waals surface area contributed by atoms with Crippen LogP contribution in [0.25, 0.3) is 10.9 Å². The molecule has 2 N–H and O–H groups in total. The Morgan fingerprint density at radius 2 is 1.73 bits per heavy atom. The molecule has 0 saturated carbocycles. The van der Waals surface area contributed by atoms with Crippen molar-refractivity contribution in [1.82, 2.24) is 15.4 Å². The van der Waals surface area contributed by atoms with Crippen molar-refractivity contribution in [2.45, 2.75) is 33.1 Å². The van der Waals surface area contributed by atoms with Crippen LogP contribution in [-0.4, -0.2) is 15.9 Å². The minimum absolute atomic E-state index is 0.107. The molecule has 5 heteroatoms. The van der Waals surface area contributed by atoms with Crippen LogP contribution in [0.15, 0.2) is 54.9 Å². The average Bonchev–Trinajstić information content (AvgIpc) is 2.65. The summed E-state index contributed by atoms with van der Waals surface area (Å²) in [5.41, 5.74) is 8.79. The number of fused-ring (bicyclic) bond motifs is 1. The number of hydrogen-bond acceptors (Lipinski definition) is 4. The summed E-state index contributed by atoms with van der Waals surface area (Å²) < 4.78 is 0. The summed E-state index contributed by atoms with van der Waals surface area (Å²) in [6.07, 6.45) is 2.52. The number of nitrogens with one attached hydrogen (secondary N) is 2. The van der Waals surface area contributed by atoms with Gasteiger partial charge in [-0.05, 0) is 42.5 Å². The summed E-state index contributed by atoms with van der Waals surface area (Å²) in [5, 5.41) is 0.862. The Hall–Kier alpha value is -2.95. The second kappa shape index (κ2) is 7.95. The molecule has 0 aliphatic carbocycles. The van der Waals surface area contributed by atoms with Gasteiger partial charge in [-0.3, -0.25) is 15.6 Å². The number of carbonyl (C=O) groups excluding carboxylic acids is 1. The number of amides is 1. The van der Waals surface area contributed by atoms with E-state index >= 15 is 0 Å². The average molecular weight is 348 g/mol. The molecule has 3 rings (SSSR count). The molecule has 1 heterocycles. The fraction of sp³-hybridized carbons (Fsp3) is 0.286. The molecule has 1 atom stereocenters. The Labute approximate surface area is 153 Å². The zero-order valence-corrected chi connectivity index (χ0v) is 15.4. The van der Waals surface area contributed by atoms with Gasteiger partial charge in [-0.1, -0.05) is 50.2 Å². The molecule has 134 valence electrons. The van der Waals surface area contributed by atoms with Crippen LogP contribution < -0.4 is 10.9 Å². The highest BCUT2D eigenvalue weighted by Crippen LogP contribution is 2.19. The fourth-order valence-electron chi connectivity index (χ4n) is 2.90. The largest absolute Gasteiger partial charge is 0.281 e. The summed E-state index contributed by atoms with van der Waals surface area (Å²) in [6.45, 7) is 6.30. The maximum absolute atomic E-state index is 12.5. The number of hydrogen-bond donors (Lipinski definition) is 2. The highest BCUT2D eigenvalue weighted by atomic mass is 16.2. The first-order chi connectivity index (χ1) is 12.5. The van der Waals surface area contributed by atoms with Crippen LogP contribution in [0.5, 0.6) is 0 Å². The van der Waals surface area contributed by atoms with E-state index in [1.807, 2.05) is 43.3 Å². The molecule has 0 bridgehead atoms. The maximum atomic E-state index is 12.5. The number of rotatable bonds is 6. The zero-order valence-electron chi connectivity index (χ0n) is 15.4. The molecule has 0 aliphatic heterocycles. The van der Waals surface area contributed by atoms with Crippen LogP contribution in [0.3, 0.4) is 0 Å². The summed E-state index contributed by atoms with van der Waals surface area (Å²) >= 11 is 0. The van der Waals surface area contributed by atoms with Gasteiger partial charge in [-0.15, -0.1) is 0 Å². The highest BCUT2D eigenvalue weighted by molar-refractivity contribution is 5.90. The van der Waals surface area contributed by atoms with E-state index < -0.39 is 0 Å². The Balaban J connectivity index is 1.65. The van der Waals surface area contributed by atoms with Crippen molar-refractivity contribution in [3.8, 4) is 0 Å². The molecule has 0 spiro atoms. The molecule has 0 radical (unpaired) electrons. The van der Waals surface area contributed by atoms with Crippen LogP contribution in [0, 0.1) is 5.92 Å². The predicted octanol–water partition coefficient (Wildman–Crippen LogP) is 4.08. The van der Waals surface area contributed by atoms with E-state index in [4.69, 9.17) is 0 Å². The summed E-state index contributed by atoms with van der Waals surface area (Å²) in [6, 6.07) is 15.9. The third-order valence-corrected chi connectivity index (χ3v) is 4.36. The number of para-hydroxylation sites is 1. The van der Waals surface area contributed by atoms with Crippen LogP contribution in [0.1, 0.15) is 37.8 Å². The fourth-order valence-corrected chi connectivity index (χ4v) is 2.90. The van der Waals surface area contributed by atoms with Crippen LogP contribution in [0.4, 0.5) is 5.82 Å². The Bertz CT molecular complexity index is 885. The summed E-state index contributed by atoms with van der Waals surface area (Å²) in [4.78, 5) is 20.9. The van der Waals surface area contributed by atoms with E-state index in [0.29, 0.717) is 11.7 Å². The minimum atomic E-state index is -0.260. The molecule has 1 aromatic heterocycles. The van der Waals surface area contributed by atoms with Gasteiger partial charge < -0.3 is 0 Å². The van der Waals surface area contributed by atoms with Gasteiger partial charge in [0.15, 0.2) is 5.82 Å². The first-order valence-electron chi connectivity index (χ1n) is 8.89. The third kappa shape index (κ3) is 4.17. The summed E-state index contributed by atoms with van der Waals surface area (Å²) in [5.74, 6) is 0.838. The lowest BCUT2D eigenvalue weighted by Crippen LogP contribution is -2.33. The molecular formula is C21H24N4O. The smallest absolute Gasteiger partial charge is 0.245 e. The van der Waals surface area contributed by atoms with E-state index in [0.717, 1.165) is 22.9 Å². The van der Waals surface area contributed by atoms with E-state index in [9.17, 15) is 4.79 Å². The topological polar surface area (TPSA) is 66.9 Å². The Kier molecular flexibility index (Phi) is 5.46. The predicted molar refractivity (Wildman–Crippen MR) is 105 cm³/mol. The van der Waals surface area contributed by atoms with Gasteiger partial charge in [0.2, 0.25) is 5.91 Å². The maximum Gasteiger partial charge on any atom is 0.245 e. The summed E-state index contributed by atoms with van der Waals surface area (Å²) in [7, 11) is 0. The molecule has 2 aromatic carbocycles. The number of benzene rings is 2. The second-order valence-corrected chi connectivity index (χ2v) is 6.91. The number of nitrogens with zero attached hydrogens (tertiary/aromatic N) is 2. The minimum Gasteiger partial charge on any atom is -0.281 e. The lowest BCUT2D eigenvalue weighted by atomic mass is 9.96. The van der Waals surface area contributed by atoms with Crippen LogP contribution in [0.2, 0.25) is 0 Å². The second-order valence-electron chi connectivity index (χ2n) is 6.91. The first-order valence-corrected chi connectivity index (χ1v) is 8.89. The van der Waals surface area contributed by atoms with Crippen LogP contribution in [-0.2, 0) is 11.2 Å². The molecule has 0 fully saturated rings. The monoisotopic (exact) mass is 348 g/mol. The van der Waals surface area contributed by atoms with Crippen molar-refractivity contribution >= 4 is 22.6 Å². The molecule has 3 aromatic rings. The van der Waals surface area contributed by atoms with Crippen LogP contribution >= 0.6 is 0 Å². The molecule has 1 unspecified atom stereocenters. The van der Waals surface area contributed by atoms with Gasteiger partial charge in [0, 0.05) is 5.39 Å². The van der Waals surface area contributed by atoms with E-state index in [1.54, 1.807) is 0 Å². The standard InChI is InChI=1S/C21H24N4O/c1-14(2)12-16-8-10-17(11-9-16)15(3)21(26)25-24-20-18-6-4-5-7-19(18)22-13-23-20/h4-11,13-15H,12H2,1-3H3,(H,25,26)(H,22,23,24). The van der Waals surface area contributed by atoms with Gasteiger partial charge in [0.25, 0.3) is 0 Å². The Morgan fingerprint density at radius 3 is 2.46 bits per heavy atom. The molecule has 1 amide bonds. The van der Waals surface area contributed by atoms with Crippen molar-refractivity contribution in [3.05, 3.63) is 66.0 Å². The molecule has 0 aliphatic rings. The molecular weight excluding hydrogens is 324 g/mol. The van der Waals surface area contributed by atoms with E-state index in [-0.39, 0.29) is 11.8 Å². The molecule has 0 saturated heterocycles. The molecule has 5 nitrogen and oxygen atoms in total. The van der Waals surface area contributed by atoms with E-state index in [2.05, 4.69) is 46.8 Å². The van der Waals surface area contributed by atoms with Gasteiger partial charge in [0.1, 0.15) is 6.33 Å². The van der Waals surface area contributed by atoms with E-state index in [1.165, 1.54) is 11.9 Å². The number of carbonyl (C=O) groups is 1. The third-order valence-electron chi connectivity index (χ3n) is 4.36. The normalized spacial score (nSPS) is 12.2. The van der Waals surface area contributed by atoms with Crippen molar-refractivity contribution in [1.29, 1.82) is 0 Å². The SMILES string of the molecule is CC(C)Cc1ccc(C(C)C(=O)NNc2ncnc3ccccc23)cc1. The number of anilines is 1. The van der Waals surface area contributed by atoms with Crippen molar-refractivity contribution in [2.24, 2.45) is 5.92 Å². The van der Waals surface area contributed by atoms with Crippen molar-refractivity contribution in [2.75, 3.05) is 5.43 Å². The van der Waals surface area contributed by atoms with Gasteiger partial charge in [0.05, 0.1) is 11.4 Å². The quantitative estimate of drug-likeness (QED) is 0.659. The first kappa shape index (κ1) is 17.9. The van der Waals surface area contributed by atoms with Gasteiger partial charge in [-0.25, -0.2) is 9.97 Å². The molecule has 26 heavy (non-hydrogen) atoms. The van der Waals surface area contributed by atoms with Crippen molar-refractivity contribution < 1.29 is 4.79 Å².